The van der Waals surface area contributed by atoms with Crippen molar-refractivity contribution in [2.45, 2.75) is 13.8 Å². The number of hydrogen-bond acceptors (Lipinski definition) is 4. The molecule has 144 valence electrons. The Morgan fingerprint density at radius 1 is 0.793 bits per heavy atom. The summed E-state index contributed by atoms with van der Waals surface area (Å²) in [5.74, 6) is -0.0535. The molecule has 29 heavy (non-hydrogen) atoms. The van der Waals surface area contributed by atoms with E-state index in [4.69, 9.17) is 4.42 Å². The van der Waals surface area contributed by atoms with Crippen molar-refractivity contribution in [2.75, 3.05) is 11.9 Å². The molecular formula is C25H21NO3. The first-order valence-corrected chi connectivity index (χ1v) is 9.49. The minimum absolute atomic E-state index is 0.0518. The number of carbonyl (C=O) groups is 2. The highest BCUT2D eigenvalue weighted by Crippen LogP contribution is 2.32. The molecule has 4 nitrogen and oxygen atoms in total. The molecule has 0 saturated heterocycles. The molecule has 0 saturated carbocycles. The van der Waals surface area contributed by atoms with Gasteiger partial charge in [-0.3, -0.25) is 9.59 Å². The zero-order chi connectivity index (χ0) is 20.4. The van der Waals surface area contributed by atoms with E-state index in [1.807, 2.05) is 74.5 Å². The third-order valence-electron chi connectivity index (χ3n) is 4.91. The number of anilines is 1. The van der Waals surface area contributed by atoms with Gasteiger partial charge >= 0.3 is 0 Å². The lowest BCUT2D eigenvalue weighted by molar-refractivity contribution is 0.0997. The summed E-state index contributed by atoms with van der Waals surface area (Å²) in [5, 5.41) is 3.92. The van der Waals surface area contributed by atoms with E-state index in [0.29, 0.717) is 22.4 Å². The van der Waals surface area contributed by atoms with Crippen LogP contribution in [0.2, 0.25) is 0 Å². The van der Waals surface area contributed by atoms with Gasteiger partial charge in [-0.25, -0.2) is 0 Å². The number of Topliss-reactive ketones (excluding diaryl/α,β-unsaturated/α-hetero) is 1. The first-order valence-electron chi connectivity index (χ1n) is 9.49. The smallest absolute Gasteiger partial charge is 0.230 e. The molecule has 0 aliphatic rings. The molecule has 0 atom stereocenters. The summed E-state index contributed by atoms with van der Waals surface area (Å²) in [6.45, 7) is 4.02. The second-order valence-corrected chi connectivity index (χ2v) is 7.14. The van der Waals surface area contributed by atoms with Gasteiger partial charge in [0, 0.05) is 16.5 Å². The van der Waals surface area contributed by atoms with Crippen LogP contribution in [-0.2, 0) is 0 Å². The van der Waals surface area contributed by atoms with Gasteiger partial charge in [0.2, 0.25) is 5.78 Å². The number of para-hydroxylation sites is 1. The second kappa shape index (κ2) is 7.76. The molecule has 0 unspecified atom stereocenters. The number of rotatable bonds is 6. The second-order valence-electron chi connectivity index (χ2n) is 7.14. The Morgan fingerprint density at radius 3 is 2.03 bits per heavy atom. The summed E-state index contributed by atoms with van der Waals surface area (Å²) >= 11 is 0. The number of hydrogen-bond donors (Lipinski definition) is 1. The third kappa shape index (κ3) is 3.83. The van der Waals surface area contributed by atoms with Crippen LogP contribution in [0.4, 0.5) is 5.69 Å². The highest BCUT2D eigenvalue weighted by Gasteiger charge is 2.22. The van der Waals surface area contributed by atoms with Crippen LogP contribution in [0.5, 0.6) is 0 Å². The Morgan fingerprint density at radius 2 is 1.38 bits per heavy atom. The zero-order valence-corrected chi connectivity index (χ0v) is 16.4. The maximum absolute atomic E-state index is 13.1. The summed E-state index contributed by atoms with van der Waals surface area (Å²) < 4.78 is 5.88. The third-order valence-corrected chi connectivity index (χ3v) is 4.91. The number of fused-ring (bicyclic) bond motifs is 1. The van der Waals surface area contributed by atoms with Crippen molar-refractivity contribution < 1.29 is 14.0 Å². The van der Waals surface area contributed by atoms with E-state index >= 15 is 0 Å². The average molecular weight is 383 g/mol. The quantitative estimate of drug-likeness (QED) is 0.442. The number of aryl methyl sites for hydroxylation is 2. The first kappa shape index (κ1) is 18.7. The van der Waals surface area contributed by atoms with Gasteiger partial charge in [-0.05, 0) is 26.0 Å². The van der Waals surface area contributed by atoms with Crippen molar-refractivity contribution in [2.24, 2.45) is 0 Å². The Kier molecular flexibility index (Phi) is 5.00. The molecule has 0 amide bonds. The maximum atomic E-state index is 13.1. The van der Waals surface area contributed by atoms with E-state index in [-0.39, 0.29) is 23.9 Å². The van der Waals surface area contributed by atoms with E-state index in [9.17, 15) is 9.59 Å². The lowest BCUT2D eigenvalue weighted by atomic mass is 10.1. The fourth-order valence-electron chi connectivity index (χ4n) is 3.23. The van der Waals surface area contributed by atoms with E-state index in [2.05, 4.69) is 5.32 Å². The van der Waals surface area contributed by atoms with E-state index in [0.717, 1.165) is 16.5 Å². The lowest BCUT2D eigenvalue weighted by Crippen LogP contribution is -2.15. The van der Waals surface area contributed by atoms with Crippen LogP contribution in [0, 0.1) is 13.8 Å². The Bertz CT molecular complexity index is 1190. The molecule has 0 spiro atoms. The van der Waals surface area contributed by atoms with Gasteiger partial charge in [0.05, 0.1) is 12.2 Å². The number of benzene rings is 3. The van der Waals surface area contributed by atoms with Crippen LogP contribution in [-0.4, -0.2) is 18.1 Å². The van der Waals surface area contributed by atoms with Gasteiger partial charge in [0.1, 0.15) is 5.58 Å². The lowest BCUT2D eigenvalue weighted by Gasteiger charge is -2.07. The molecular weight excluding hydrogens is 362 g/mol. The fraction of sp³-hybridized carbons (Fsp3) is 0.120. The molecule has 0 fully saturated rings. The van der Waals surface area contributed by atoms with Gasteiger partial charge in [0.25, 0.3) is 0 Å². The summed E-state index contributed by atoms with van der Waals surface area (Å²) in [5.41, 5.74) is 4.50. The van der Waals surface area contributed by atoms with Gasteiger partial charge < -0.3 is 9.73 Å². The summed E-state index contributed by atoms with van der Waals surface area (Å²) in [6, 6.07) is 22.2. The highest BCUT2D eigenvalue weighted by molar-refractivity contribution is 6.15. The van der Waals surface area contributed by atoms with Crippen LogP contribution >= 0.6 is 0 Å². The summed E-state index contributed by atoms with van der Waals surface area (Å²) in [6.07, 6.45) is 0. The predicted molar refractivity (Wildman–Crippen MR) is 115 cm³/mol. The Hall–Kier alpha value is -3.66. The van der Waals surface area contributed by atoms with Gasteiger partial charge in [-0.15, -0.1) is 0 Å². The van der Waals surface area contributed by atoms with Crippen molar-refractivity contribution in [3.63, 3.8) is 0 Å². The molecule has 0 radical (unpaired) electrons. The number of furan rings is 1. The van der Waals surface area contributed by atoms with Crippen molar-refractivity contribution in [1.82, 2.24) is 0 Å². The maximum Gasteiger partial charge on any atom is 0.230 e. The summed E-state index contributed by atoms with van der Waals surface area (Å²) in [7, 11) is 0. The van der Waals surface area contributed by atoms with E-state index in [1.54, 1.807) is 12.1 Å². The average Bonchev–Trinajstić information content (AvgIpc) is 3.11. The molecule has 4 heteroatoms. The zero-order valence-electron chi connectivity index (χ0n) is 16.4. The van der Waals surface area contributed by atoms with Crippen LogP contribution in [0.1, 0.15) is 37.6 Å². The number of carbonyl (C=O) groups excluding carboxylic acids is 2. The Labute approximate surface area is 169 Å². The van der Waals surface area contributed by atoms with Gasteiger partial charge in [-0.2, -0.15) is 0 Å². The summed E-state index contributed by atoms with van der Waals surface area (Å²) in [4.78, 5) is 25.7. The van der Waals surface area contributed by atoms with Crippen LogP contribution < -0.4 is 5.32 Å². The minimum atomic E-state index is -0.216. The predicted octanol–water partition coefficient (Wildman–Crippen LogP) is 5.58. The molecule has 0 bridgehead atoms. The standard InChI is InChI=1S/C25H21NO3/c1-16-7-11-18(12-8-16)21(27)15-26-23-20-5-3-4-6-22(20)29-25(23)24(28)19-13-9-17(2)10-14-19/h3-14,26H,15H2,1-2H3. The van der Waals surface area contributed by atoms with E-state index < -0.39 is 0 Å². The Balaban J connectivity index is 1.66. The van der Waals surface area contributed by atoms with Gasteiger partial charge in [0.15, 0.2) is 11.5 Å². The van der Waals surface area contributed by atoms with Crippen molar-refractivity contribution in [3.8, 4) is 0 Å². The number of ketones is 2. The fourth-order valence-corrected chi connectivity index (χ4v) is 3.23. The molecule has 4 aromatic rings. The van der Waals surface area contributed by atoms with Crippen LogP contribution in [0.3, 0.4) is 0 Å². The van der Waals surface area contributed by atoms with Gasteiger partial charge in [-0.1, -0.05) is 71.8 Å². The van der Waals surface area contributed by atoms with Crippen LogP contribution in [0.15, 0.2) is 77.2 Å². The van der Waals surface area contributed by atoms with Crippen molar-refractivity contribution in [3.05, 3.63) is 101 Å². The molecule has 4 rings (SSSR count). The van der Waals surface area contributed by atoms with Crippen molar-refractivity contribution in [1.29, 1.82) is 0 Å². The molecule has 3 aromatic carbocycles. The largest absolute Gasteiger partial charge is 0.450 e. The van der Waals surface area contributed by atoms with Crippen molar-refractivity contribution >= 4 is 28.2 Å². The SMILES string of the molecule is Cc1ccc(C(=O)CNc2c(C(=O)c3ccc(C)cc3)oc3ccccc23)cc1. The molecule has 1 heterocycles. The molecule has 0 aliphatic heterocycles. The first-order chi connectivity index (χ1) is 14.0. The minimum Gasteiger partial charge on any atom is -0.450 e. The highest BCUT2D eigenvalue weighted by atomic mass is 16.3. The van der Waals surface area contributed by atoms with E-state index in [1.165, 1.54) is 0 Å². The monoisotopic (exact) mass is 383 g/mol. The topological polar surface area (TPSA) is 59.3 Å². The van der Waals surface area contributed by atoms with Crippen LogP contribution in [0.25, 0.3) is 11.0 Å². The normalized spacial score (nSPS) is 10.8. The molecule has 1 N–H and O–H groups in total. The number of nitrogens with one attached hydrogen (secondary N) is 1. The molecule has 0 aliphatic carbocycles. The molecule has 1 aromatic heterocycles.